The van der Waals surface area contributed by atoms with Crippen LogP contribution in [-0.4, -0.2) is 52.1 Å². The van der Waals surface area contributed by atoms with Gasteiger partial charge in [-0.25, -0.2) is 9.07 Å². The number of likely N-dealkylation sites (tertiary alicyclic amines) is 1. The second-order valence-electron chi connectivity index (χ2n) is 7.26. The molecule has 1 N–H and O–H groups in total. The molecule has 1 aromatic carbocycles. The van der Waals surface area contributed by atoms with E-state index in [1.165, 1.54) is 12.1 Å². The maximum atomic E-state index is 13.9. The zero-order valence-corrected chi connectivity index (χ0v) is 14.5. The number of benzene rings is 1. The smallest absolute Gasteiger partial charge is 0.308 e. The van der Waals surface area contributed by atoms with Crippen LogP contribution in [0.4, 0.5) is 4.39 Å². The molecular weight excluding hydrogens is 337 g/mol. The number of carbonyl (C=O) groups is 1. The summed E-state index contributed by atoms with van der Waals surface area (Å²) in [7, 11) is 0. The third-order valence-electron chi connectivity index (χ3n) is 5.69. The number of rotatable bonds is 4. The topological polar surface area (TPSA) is 67.6 Å². The van der Waals surface area contributed by atoms with E-state index >= 15 is 0 Å². The Hall–Kier alpha value is -2.25. The van der Waals surface area contributed by atoms with Gasteiger partial charge in [0.1, 0.15) is 5.82 Å². The molecule has 4 rings (SSSR count). The lowest BCUT2D eigenvalue weighted by atomic mass is 9.72. The minimum absolute atomic E-state index is 0.247. The van der Waals surface area contributed by atoms with Crippen LogP contribution >= 0.6 is 0 Å². The van der Waals surface area contributed by atoms with Crippen molar-refractivity contribution in [2.75, 3.05) is 26.3 Å². The highest BCUT2D eigenvalue weighted by Gasteiger charge is 2.50. The van der Waals surface area contributed by atoms with Crippen LogP contribution in [0.3, 0.4) is 0 Å². The molecule has 0 radical (unpaired) electrons. The minimum atomic E-state index is -0.749. The lowest BCUT2D eigenvalue weighted by Crippen LogP contribution is -2.40. The van der Waals surface area contributed by atoms with E-state index < -0.39 is 11.9 Å². The van der Waals surface area contributed by atoms with E-state index in [4.69, 9.17) is 4.74 Å². The summed E-state index contributed by atoms with van der Waals surface area (Å²) >= 11 is 0. The average Bonchev–Trinajstić information content (AvgIpc) is 3.25. The maximum absolute atomic E-state index is 13.9. The molecule has 1 unspecified atom stereocenters. The van der Waals surface area contributed by atoms with Crippen molar-refractivity contribution in [2.24, 2.45) is 11.3 Å². The number of nitrogens with zero attached hydrogens (tertiary/aromatic N) is 3. The highest BCUT2D eigenvalue weighted by molar-refractivity contribution is 5.72. The van der Waals surface area contributed by atoms with E-state index in [9.17, 15) is 14.3 Å². The Morgan fingerprint density at radius 3 is 2.88 bits per heavy atom. The van der Waals surface area contributed by atoms with Crippen LogP contribution in [-0.2, 0) is 16.1 Å². The van der Waals surface area contributed by atoms with E-state index in [0.717, 1.165) is 24.1 Å². The molecule has 138 valence electrons. The highest BCUT2D eigenvalue weighted by Crippen LogP contribution is 2.45. The number of halogens is 1. The van der Waals surface area contributed by atoms with E-state index in [1.807, 2.05) is 12.3 Å². The summed E-state index contributed by atoms with van der Waals surface area (Å²) in [5.41, 5.74) is 1.38. The molecule has 3 heterocycles. The summed E-state index contributed by atoms with van der Waals surface area (Å²) in [5, 5.41) is 14.0. The maximum Gasteiger partial charge on any atom is 0.308 e. The van der Waals surface area contributed by atoms with Gasteiger partial charge in [-0.1, -0.05) is 0 Å². The highest BCUT2D eigenvalue weighted by atomic mass is 19.1. The van der Waals surface area contributed by atoms with Gasteiger partial charge in [0.05, 0.1) is 11.6 Å². The van der Waals surface area contributed by atoms with Gasteiger partial charge in [0.2, 0.25) is 0 Å². The number of hydrogen-bond donors (Lipinski definition) is 1. The molecule has 0 aliphatic carbocycles. The molecule has 6 nitrogen and oxygen atoms in total. The fraction of sp³-hybridized carbons (Fsp3) is 0.474. The van der Waals surface area contributed by atoms with Gasteiger partial charge in [0, 0.05) is 50.7 Å². The third-order valence-corrected chi connectivity index (χ3v) is 5.69. The normalized spacial score (nSPS) is 22.7. The molecule has 1 aromatic heterocycles. The molecule has 2 aliphatic heterocycles. The Kier molecular flexibility index (Phi) is 4.50. The molecule has 2 saturated heterocycles. The van der Waals surface area contributed by atoms with Crippen LogP contribution in [0.1, 0.15) is 18.4 Å². The zero-order valence-electron chi connectivity index (χ0n) is 14.5. The van der Waals surface area contributed by atoms with Gasteiger partial charge in [-0.15, -0.1) is 0 Å². The minimum Gasteiger partial charge on any atom is -0.481 e. The summed E-state index contributed by atoms with van der Waals surface area (Å²) in [5.74, 6) is -1.46. The predicted octanol–water partition coefficient (Wildman–Crippen LogP) is 2.32. The molecule has 2 aromatic rings. The Balaban J connectivity index is 1.60. The molecule has 1 atom stereocenters. The second kappa shape index (κ2) is 6.81. The monoisotopic (exact) mass is 359 g/mol. The molecule has 7 heteroatoms. The van der Waals surface area contributed by atoms with Gasteiger partial charge in [0.15, 0.2) is 0 Å². The van der Waals surface area contributed by atoms with Crippen LogP contribution in [0.2, 0.25) is 0 Å². The van der Waals surface area contributed by atoms with Crippen molar-refractivity contribution in [2.45, 2.75) is 19.4 Å². The standard InChI is InChI=1S/C19H22FN3O3/c20-15-2-3-17(23-7-1-6-21-23)14(10-15)11-22-12-16(18(24)25)19(13-22)4-8-26-9-5-19/h1-3,6-7,10,16H,4-5,8-9,11-13H2,(H,24,25). The first-order chi connectivity index (χ1) is 12.6. The molecule has 0 bridgehead atoms. The number of hydrogen-bond acceptors (Lipinski definition) is 4. The largest absolute Gasteiger partial charge is 0.481 e. The van der Waals surface area contributed by atoms with Crippen LogP contribution in [0.15, 0.2) is 36.7 Å². The molecule has 26 heavy (non-hydrogen) atoms. The molecule has 0 saturated carbocycles. The predicted molar refractivity (Wildman–Crippen MR) is 92.4 cm³/mol. The van der Waals surface area contributed by atoms with Gasteiger partial charge in [-0.2, -0.15) is 5.10 Å². The van der Waals surface area contributed by atoms with Crippen molar-refractivity contribution in [3.63, 3.8) is 0 Å². The van der Waals surface area contributed by atoms with Gasteiger partial charge in [-0.3, -0.25) is 9.69 Å². The molecule has 0 amide bonds. The first-order valence-electron chi connectivity index (χ1n) is 8.89. The second-order valence-corrected chi connectivity index (χ2v) is 7.26. The summed E-state index contributed by atoms with van der Waals surface area (Å²) < 4.78 is 21.0. The first-order valence-corrected chi connectivity index (χ1v) is 8.89. The Labute approximate surface area is 151 Å². The van der Waals surface area contributed by atoms with Gasteiger partial charge in [0.25, 0.3) is 0 Å². The van der Waals surface area contributed by atoms with Crippen LogP contribution in [0, 0.1) is 17.2 Å². The Morgan fingerprint density at radius 1 is 1.38 bits per heavy atom. The SMILES string of the molecule is O=C(O)C1CN(Cc2cc(F)ccc2-n2cccn2)CC12CCOCC2. The van der Waals surface area contributed by atoms with Gasteiger partial charge in [-0.05, 0) is 42.7 Å². The zero-order chi connectivity index (χ0) is 18.1. The summed E-state index contributed by atoms with van der Waals surface area (Å²) in [6.07, 6.45) is 5.02. The number of aliphatic carboxylic acids is 1. The van der Waals surface area contributed by atoms with Crippen LogP contribution in [0.5, 0.6) is 0 Å². The van der Waals surface area contributed by atoms with Crippen molar-refractivity contribution in [1.29, 1.82) is 0 Å². The van der Waals surface area contributed by atoms with E-state index in [0.29, 0.717) is 32.8 Å². The number of carboxylic acids is 1. The third kappa shape index (κ3) is 3.12. The Bertz CT molecular complexity index is 787. The lowest BCUT2D eigenvalue weighted by Gasteiger charge is -2.36. The fourth-order valence-corrected chi connectivity index (χ4v) is 4.37. The van der Waals surface area contributed by atoms with Crippen molar-refractivity contribution < 1.29 is 19.0 Å². The van der Waals surface area contributed by atoms with Gasteiger partial charge >= 0.3 is 5.97 Å². The van der Waals surface area contributed by atoms with Crippen molar-refractivity contribution in [1.82, 2.24) is 14.7 Å². The molecule has 2 fully saturated rings. The van der Waals surface area contributed by atoms with Crippen LogP contribution in [0.25, 0.3) is 5.69 Å². The molecular formula is C19H22FN3O3. The van der Waals surface area contributed by atoms with Crippen molar-refractivity contribution in [3.8, 4) is 5.69 Å². The molecule has 1 spiro atoms. The average molecular weight is 359 g/mol. The Morgan fingerprint density at radius 2 is 2.19 bits per heavy atom. The summed E-state index contributed by atoms with van der Waals surface area (Å²) in [4.78, 5) is 14.0. The lowest BCUT2D eigenvalue weighted by molar-refractivity contribution is -0.147. The number of aromatic nitrogens is 2. The fourth-order valence-electron chi connectivity index (χ4n) is 4.37. The number of carboxylic acid groups (broad SMARTS) is 1. The summed E-state index contributed by atoms with van der Waals surface area (Å²) in [6, 6.07) is 6.47. The van der Waals surface area contributed by atoms with E-state index in [2.05, 4.69) is 10.00 Å². The quantitative estimate of drug-likeness (QED) is 0.907. The van der Waals surface area contributed by atoms with E-state index in [1.54, 1.807) is 16.9 Å². The van der Waals surface area contributed by atoms with Gasteiger partial charge < -0.3 is 9.84 Å². The first kappa shape index (κ1) is 17.2. The van der Waals surface area contributed by atoms with Crippen LogP contribution < -0.4 is 0 Å². The van der Waals surface area contributed by atoms with Crippen molar-refractivity contribution >= 4 is 5.97 Å². The van der Waals surface area contributed by atoms with E-state index in [-0.39, 0.29) is 11.2 Å². The van der Waals surface area contributed by atoms with Crippen molar-refractivity contribution in [3.05, 3.63) is 48.0 Å². The molecule has 2 aliphatic rings. The number of ether oxygens (including phenoxy) is 1. The summed E-state index contributed by atoms with van der Waals surface area (Å²) in [6.45, 7) is 2.89.